The summed E-state index contributed by atoms with van der Waals surface area (Å²) in [5.41, 5.74) is 6.35. The van der Waals surface area contributed by atoms with Crippen LogP contribution in [0.5, 0.6) is 0 Å². The number of hydrogen-bond acceptors (Lipinski definition) is 3. The van der Waals surface area contributed by atoms with E-state index in [1.165, 1.54) is 0 Å². The monoisotopic (exact) mass is 284 g/mol. The van der Waals surface area contributed by atoms with E-state index in [-0.39, 0.29) is 10.9 Å². The molecule has 1 aromatic rings. The number of sulfonamides is 1. The van der Waals surface area contributed by atoms with E-state index in [1.54, 1.807) is 18.2 Å². The van der Waals surface area contributed by atoms with Gasteiger partial charge in [0.2, 0.25) is 10.0 Å². The van der Waals surface area contributed by atoms with E-state index in [4.69, 9.17) is 5.73 Å². The number of hydrogen-bond donors (Lipinski definition) is 2. The lowest BCUT2D eigenvalue weighted by molar-refractivity contribution is 0.445. The molecule has 108 valence electrons. The van der Waals surface area contributed by atoms with Crippen molar-refractivity contribution in [2.24, 2.45) is 11.7 Å². The van der Waals surface area contributed by atoms with Crippen LogP contribution in [0, 0.1) is 5.92 Å². The van der Waals surface area contributed by atoms with Gasteiger partial charge in [0, 0.05) is 12.6 Å². The first-order chi connectivity index (χ1) is 8.89. The molecule has 0 amide bonds. The van der Waals surface area contributed by atoms with E-state index in [0.29, 0.717) is 12.5 Å². The fourth-order valence-electron chi connectivity index (χ4n) is 1.99. The van der Waals surface area contributed by atoms with Crippen LogP contribution in [0.25, 0.3) is 0 Å². The Bertz CT molecular complexity index is 500. The van der Waals surface area contributed by atoms with Gasteiger partial charge in [-0.1, -0.05) is 32.4 Å². The van der Waals surface area contributed by atoms with Gasteiger partial charge in [0.25, 0.3) is 0 Å². The standard InChI is InChI=1S/C14H24N2O2S/c1-4-11(2)8-12(3)16-19(17,18)14-7-5-6-13(9-14)10-15/h5-7,9,11-12,16H,4,8,10,15H2,1-3H3. The summed E-state index contributed by atoms with van der Waals surface area (Å²) >= 11 is 0. The number of nitrogens with one attached hydrogen (secondary N) is 1. The summed E-state index contributed by atoms with van der Waals surface area (Å²) in [5, 5.41) is 0. The molecular formula is C14H24N2O2S. The van der Waals surface area contributed by atoms with E-state index in [2.05, 4.69) is 18.6 Å². The normalized spacial score (nSPS) is 15.2. The number of rotatable bonds is 7. The Morgan fingerprint density at radius 2 is 2.00 bits per heavy atom. The molecule has 0 heterocycles. The van der Waals surface area contributed by atoms with Gasteiger partial charge >= 0.3 is 0 Å². The molecule has 0 aromatic heterocycles. The zero-order valence-corrected chi connectivity index (χ0v) is 12.7. The molecule has 0 aliphatic carbocycles. The summed E-state index contributed by atoms with van der Waals surface area (Å²) in [6, 6.07) is 6.69. The fraction of sp³-hybridized carbons (Fsp3) is 0.571. The Balaban J connectivity index is 2.80. The van der Waals surface area contributed by atoms with Crippen molar-refractivity contribution in [2.75, 3.05) is 0 Å². The van der Waals surface area contributed by atoms with E-state index < -0.39 is 10.0 Å². The lowest BCUT2D eigenvalue weighted by Gasteiger charge is -2.17. The van der Waals surface area contributed by atoms with Gasteiger partial charge < -0.3 is 5.73 Å². The van der Waals surface area contributed by atoms with Crippen LogP contribution in [0.4, 0.5) is 0 Å². The van der Waals surface area contributed by atoms with Crippen molar-refractivity contribution < 1.29 is 8.42 Å². The predicted molar refractivity (Wildman–Crippen MR) is 78.2 cm³/mol. The maximum atomic E-state index is 12.2. The first-order valence-electron chi connectivity index (χ1n) is 6.70. The lowest BCUT2D eigenvalue weighted by atomic mass is 10.0. The van der Waals surface area contributed by atoms with Crippen LogP contribution in [0.1, 0.15) is 39.2 Å². The van der Waals surface area contributed by atoms with Crippen molar-refractivity contribution in [3.8, 4) is 0 Å². The summed E-state index contributed by atoms with van der Waals surface area (Å²) in [6.45, 7) is 6.47. The molecule has 0 bridgehead atoms. The van der Waals surface area contributed by atoms with E-state index in [9.17, 15) is 8.42 Å². The minimum Gasteiger partial charge on any atom is -0.326 e. The lowest BCUT2D eigenvalue weighted by Crippen LogP contribution is -2.33. The summed E-state index contributed by atoms with van der Waals surface area (Å²) in [4.78, 5) is 0.284. The average Bonchev–Trinajstić information content (AvgIpc) is 2.37. The van der Waals surface area contributed by atoms with Gasteiger partial charge in [-0.2, -0.15) is 0 Å². The molecule has 0 aliphatic heterocycles. The Hall–Kier alpha value is -0.910. The highest BCUT2D eigenvalue weighted by atomic mass is 32.2. The highest BCUT2D eigenvalue weighted by Crippen LogP contribution is 2.15. The van der Waals surface area contributed by atoms with Gasteiger partial charge in [-0.15, -0.1) is 0 Å². The van der Waals surface area contributed by atoms with E-state index >= 15 is 0 Å². The zero-order chi connectivity index (χ0) is 14.5. The quantitative estimate of drug-likeness (QED) is 0.806. The third-order valence-electron chi connectivity index (χ3n) is 3.25. The molecule has 0 fully saturated rings. The second-order valence-electron chi connectivity index (χ2n) is 5.12. The Labute approximate surface area is 116 Å². The van der Waals surface area contributed by atoms with Crippen molar-refractivity contribution in [1.82, 2.24) is 4.72 Å². The highest BCUT2D eigenvalue weighted by molar-refractivity contribution is 7.89. The summed E-state index contributed by atoms with van der Waals surface area (Å²) in [5.74, 6) is 0.507. The van der Waals surface area contributed by atoms with Crippen LogP contribution >= 0.6 is 0 Å². The fourth-order valence-corrected chi connectivity index (χ4v) is 3.32. The third-order valence-corrected chi connectivity index (χ3v) is 4.84. The largest absolute Gasteiger partial charge is 0.326 e. The smallest absolute Gasteiger partial charge is 0.240 e. The van der Waals surface area contributed by atoms with E-state index in [1.807, 2.05) is 13.0 Å². The van der Waals surface area contributed by atoms with Crippen molar-refractivity contribution >= 4 is 10.0 Å². The summed E-state index contributed by atoms with van der Waals surface area (Å²) in [7, 11) is -3.45. The van der Waals surface area contributed by atoms with Crippen LogP contribution < -0.4 is 10.5 Å². The first-order valence-corrected chi connectivity index (χ1v) is 8.18. The maximum absolute atomic E-state index is 12.2. The SMILES string of the molecule is CCC(C)CC(C)NS(=O)(=O)c1cccc(CN)c1. The molecule has 2 atom stereocenters. The average molecular weight is 284 g/mol. The van der Waals surface area contributed by atoms with Crippen molar-refractivity contribution in [3.05, 3.63) is 29.8 Å². The molecule has 0 radical (unpaired) electrons. The second kappa shape index (κ2) is 7.03. The molecule has 3 N–H and O–H groups in total. The second-order valence-corrected chi connectivity index (χ2v) is 6.84. The molecule has 19 heavy (non-hydrogen) atoms. The molecular weight excluding hydrogens is 260 g/mol. The molecule has 2 unspecified atom stereocenters. The van der Waals surface area contributed by atoms with Crippen LogP contribution in [0.2, 0.25) is 0 Å². The molecule has 0 aliphatic rings. The van der Waals surface area contributed by atoms with Crippen LogP contribution in [0.15, 0.2) is 29.2 Å². The van der Waals surface area contributed by atoms with Crippen LogP contribution in [-0.4, -0.2) is 14.5 Å². The van der Waals surface area contributed by atoms with Crippen LogP contribution in [0.3, 0.4) is 0 Å². The first kappa shape index (κ1) is 16.1. The van der Waals surface area contributed by atoms with Crippen molar-refractivity contribution in [2.45, 2.75) is 51.1 Å². The van der Waals surface area contributed by atoms with Gasteiger partial charge in [0.05, 0.1) is 4.90 Å². The molecule has 1 aromatic carbocycles. The topological polar surface area (TPSA) is 72.2 Å². The van der Waals surface area contributed by atoms with Gasteiger partial charge in [-0.25, -0.2) is 13.1 Å². The van der Waals surface area contributed by atoms with Crippen molar-refractivity contribution in [1.29, 1.82) is 0 Å². The third kappa shape index (κ3) is 4.93. The number of benzene rings is 1. The number of nitrogens with two attached hydrogens (primary N) is 1. The molecule has 5 heteroatoms. The van der Waals surface area contributed by atoms with Gasteiger partial charge in [-0.3, -0.25) is 0 Å². The maximum Gasteiger partial charge on any atom is 0.240 e. The van der Waals surface area contributed by atoms with Gasteiger partial charge in [0.1, 0.15) is 0 Å². The Morgan fingerprint density at radius 1 is 1.32 bits per heavy atom. The predicted octanol–water partition coefficient (Wildman–Crippen LogP) is 2.25. The molecule has 0 saturated carbocycles. The Kier molecular flexibility index (Phi) is 5.97. The molecule has 4 nitrogen and oxygen atoms in total. The zero-order valence-electron chi connectivity index (χ0n) is 11.9. The van der Waals surface area contributed by atoms with E-state index in [0.717, 1.165) is 18.4 Å². The summed E-state index contributed by atoms with van der Waals surface area (Å²) in [6.07, 6.45) is 1.89. The molecule has 0 spiro atoms. The van der Waals surface area contributed by atoms with Gasteiger partial charge in [-0.05, 0) is 37.0 Å². The summed E-state index contributed by atoms with van der Waals surface area (Å²) < 4.78 is 27.2. The highest BCUT2D eigenvalue weighted by Gasteiger charge is 2.18. The van der Waals surface area contributed by atoms with Gasteiger partial charge in [0.15, 0.2) is 0 Å². The molecule has 0 saturated heterocycles. The van der Waals surface area contributed by atoms with Crippen molar-refractivity contribution in [3.63, 3.8) is 0 Å². The minimum absolute atomic E-state index is 0.0681. The van der Waals surface area contributed by atoms with Crippen LogP contribution in [-0.2, 0) is 16.6 Å². The molecule has 1 rings (SSSR count). The minimum atomic E-state index is -3.45. The Morgan fingerprint density at radius 3 is 2.58 bits per heavy atom.